The molecule has 4 aliphatic rings. The first kappa shape index (κ1) is 18.9. The normalized spacial score (nSPS) is 45.2. The zero-order valence-electron chi connectivity index (χ0n) is 17.7. The van der Waals surface area contributed by atoms with Crippen LogP contribution in [0, 0.1) is 34.5 Å². The van der Waals surface area contributed by atoms with Crippen LogP contribution in [0.3, 0.4) is 0 Å². The van der Waals surface area contributed by atoms with Gasteiger partial charge in [0.15, 0.2) is 0 Å². The van der Waals surface area contributed by atoms with E-state index in [1.54, 1.807) is 0 Å². The van der Waals surface area contributed by atoms with Crippen molar-refractivity contribution in [3.63, 3.8) is 0 Å². The number of carbonyl (C=O) groups excluding carboxylic acids is 1. The lowest BCUT2D eigenvalue weighted by Crippen LogP contribution is -2.54. The minimum atomic E-state index is 0.351. The predicted octanol–water partition coefficient (Wildman–Crippen LogP) is 6.18. The van der Waals surface area contributed by atoms with Crippen molar-refractivity contribution in [2.45, 2.75) is 84.3 Å². The van der Waals surface area contributed by atoms with Crippen LogP contribution in [-0.4, -0.2) is 11.9 Å². The second kappa shape index (κ2) is 6.97. The molecular formula is C26H36O2. The SMILES string of the molecule is C[C@]12CCC(=O)C[C@@H]1CC[C@@H]1[C@H]2CC[C@@]2(C)[C@@H](OCc3ccccc3)CC[C@H]12. The lowest BCUT2D eigenvalue weighted by atomic mass is 9.45. The van der Waals surface area contributed by atoms with Crippen LogP contribution in [0.2, 0.25) is 0 Å². The molecule has 0 N–H and O–H groups in total. The first-order chi connectivity index (χ1) is 13.5. The third-order valence-electron chi connectivity index (χ3n) is 9.69. The second-order valence-electron chi connectivity index (χ2n) is 10.8. The van der Waals surface area contributed by atoms with Gasteiger partial charge in [0.2, 0.25) is 0 Å². The Morgan fingerprint density at radius 1 is 0.929 bits per heavy atom. The lowest BCUT2D eigenvalue weighted by molar-refractivity contribution is -0.146. The predicted molar refractivity (Wildman–Crippen MR) is 112 cm³/mol. The number of ether oxygens (including phenoxy) is 1. The number of ketones is 1. The molecule has 2 nitrogen and oxygen atoms in total. The number of hydrogen-bond acceptors (Lipinski definition) is 2. The molecule has 4 aliphatic carbocycles. The Balaban J connectivity index is 1.32. The Bertz CT molecular complexity index is 727. The van der Waals surface area contributed by atoms with Crippen LogP contribution in [0.1, 0.15) is 77.2 Å². The van der Waals surface area contributed by atoms with Gasteiger partial charge in [0.05, 0.1) is 12.7 Å². The topological polar surface area (TPSA) is 26.3 Å². The highest BCUT2D eigenvalue weighted by molar-refractivity contribution is 5.79. The van der Waals surface area contributed by atoms with Crippen molar-refractivity contribution in [1.29, 1.82) is 0 Å². The van der Waals surface area contributed by atoms with E-state index in [1.807, 2.05) is 0 Å². The van der Waals surface area contributed by atoms with Gasteiger partial charge in [-0.05, 0) is 85.0 Å². The first-order valence-corrected chi connectivity index (χ1v) is 11.7. The Labute approximate surface area is 170 Å². The summed E-state index contributed by atoms with van der Waals surface area (Å²) in [6, 6.07) is 10.7. The van der Waals surface area contributed by atoms with Crippen molar-refractivity contribution in [2.24, 2.45) is 34.5 Å². The highest BCUT2D eigenvalue weighted by Crippen LogP contribution is 2.66. The molecule has 1 aromatic carbocycles. The van der Waals surface area contributed by atoms with Gasteiger partial charge in [-0.3, -0.25) is 4.79 Å². The molecule has 0 amide bonds. The van der Waals surface area contributed by atoms with Gasteiger partial charge < -0.3 is 4.74 Å². The van der Waals surface area contributed by atoms with Crippen molar-refractivity contribution in [1.82, 2.24) is 0 Å². The summed E-state index contributed by atoms with van der Waals surface area (Å²) in [7, 11) is 0. The number of benzene rings is 1. The molecule has 7 atom stereocenters. The van der Waals surface area contributed by atoms with E-state index < -0.39 is 0 Å². The van der Waals surface area contributed by atoms with Crippen LogP contribution < -0.4 is 0 Å². The smallest absolute Gasteiger partial charge is 0.133 e. The maximum Gasteiger partial charge on any atom is 0.133 e. The van der Waals surface area contributed by atoms with Crippen molar-refractivity contribution in [3.8, 4) is 0 Å². The highest BCUT2D eigenvalue weighted by atomic mass is 16.5. The van der Waals surface area contributed by atoms with E-state index in [0.29, 0.717) is 28.6 Å². The number of fused-ring (bicyclic) bond motifs is 5. The van der Waals surface area contributed by atoms with Crippen molar-refractivity contribution < 1.29 is 9.53 Å². The molecule has 0 saturated heterocycles. The summed E-state index contributed by atoms with van der Waals surface area (Å²) in [5.74, 6) is 3.70. The Morgan fingerprint density at radius 2 is 1.71 bits per heavy atom. The number of rotatable bonds is 3. The molecule has 0 spiro atoms. The van der Waals surface area contributed by atoms with Gasteiger partial charge in [-0.25, -0.2) is 0 Å². The summed E-state index contributed by atoms with van der Waals surface area (Å²) in [5, 5.41) is 0. The number of carbonyl (C=O) groups is 1. The van der Waals surface area contributed by atoms with Crippen LogP contribution >= 0.6 is 0 Å². The minimum Gasteiger partial charge on any atom is -0.373 e. The molecule has 0 heterocycles. The van der Waals surface area contributed by atoms with Crippen molar-refractivity contribution >= 4 is 5.78 Å². The summed E-state index contributed by atoms with van der Waals surface area (Å²) in [5.41, 5.74) is 2.06. The average molecular weight is 381 g/mol. The molecule has 2 heteroatoms. The minimum absolute atomic E-state index is 0.351. The van der Waals surface area contributed by atoms with E-state index in [1.165, 1.54) is 44.1 Å². The lowest BCUT2D eigenvalue weighted by Gasteiger charge is -2.60. The molecule has 0 aromatic heterocycles. The largest absolute Gasteiger partial charge is 0.373 e. The summed E-state index contributed by atoms with van der Waals surface area (Å²) in [6.07, 6.45) is 11.1. The van der Waals surface area contributed by atoms with Crippen molar-refractivity contribution in [2.75, 3.05) is 0 Å². The molecule has 5 rings (SSSR count). The van der Waals surface area contributed by atoms with E-state index in [-0.39, 0.29) is 0 Å². The quantitative estimate of drug-likeness (QED) is 0.625. The summed E-state index contributed by atoms with van der Waals surface area (Å²) in [6.45, 7) is 5.83. The summed E-state index contributed by atoms with van der Waals surface area (Å²) < 4.78 is 6.54. The van der Waals surface area contributed by atoms with Gasteiger partial charge in [-0.15, -0.1) is 0 Å². The molecule has 0 aliphatic heterocycles. The molecule has 1 aromatic rings. The van der Waals surface area contributed by atoms with Gasteiger partial charge in [-0.1, -0.05) is 44.2 Å². The molecule has 0 radical (unpaired) electrons. The second-order valence-corrected chi connectivity index (χ2v) is 10.8. The molecule has 4 saturated carbocycles. The Morgan fingerprint density at radius 3 is 2.54 bits per heavy atom. The fourth-order valence-corrected chi connectivity index (χ4v) is 8.04. The van der Waals surface area contributed by atoms with Gasteiger partial charge in [0, 0.05) is 12.8 Å². The zero-order chi connectivity index (χ0) is 19.4. The molecular weight excluding hydrogens is 344 g/mol. The monoisotopic (exact) mass is 380 g/mol. The van der Waals surface area contributed by atoms with Gasteiger partial charge in [0.1, 0.15) is 5.78 Å². The summed E-state index contributed by atoms with van der Waals surface area (Å²) >= 11 is 0. The zero-order valence-corrected chi connectivity index (χ0v) is 17.7. The average Bonchev–Trinajstić information content (AvgIpc) is 3.04. The third kappa shape index (κ3) is 2.90. The molecule has 28 heavy (non-hydrogen) atoms. The number of hydrogen-bond donors (Lipinski definition) is 0. The van der Waals surface area contributed by atoms with Crippen LogP contribution in [0.25, 0.3) is 0 Å². The molecule has 152 valence electrons. The van der Waals surface area contributed by atoms with Crippen LogP contribution in [0.5, 0.6) is 0 Å². The van der Waals surface area contributed by atoms with Crippen LogP contribution in [0.4, 0.5) is 0 Å². The van der Waals surface area contributed by atoms with Crippen molar-refractivity contribution in [3.05, 3.63) is 35.9 Å². The Hall–Kier alpha value is -1.15. The highest BCUT2D eigenvalue weighted by Gasteiger charge is 2.60. The fourth-order valence-electron chi connectivity index (χ4n) is 8.04. The molecule has 0 bridgehead atoms. The van der Waals surface area contributed by atoms with Crippen LogP contribution in [0.15, 0.2) is 30.3 Å². The van der Waals surface area contributed by atoms with Gasteiger partial charge >= 0.3 is 0 Å². The van der Waals surface area contributed by atoms with E-state index in [2.05, 4.69) is 44.2 Å². The maximum atomic E-state index is 12.1. The number of Topliss-reactive ketones (excluding diaryl/α,β-unsaturated/α-hetero) is 1. The van der Waals surface area contributed by atoms with E-state index in [4.69, 9.17) is 4.74 Å². The molecule has 0 unspecified atom stereocenters. The standard InChI is InChI=1S/C26H36O2/c1-25-14-12-20(27)16-19(25)8-9-21-22-10-11-24(26(22,2)15-13-23(21)25)28-17-18-6-4-3-5-7-18/h3-7,19,21-24H,8-17H2,1-2H3/t19-,21-,22+,23+,24-,25-,26+/m0/s1. The molecule has 4 fully saturated rings. The third-order valence-corrected chi connectivity index (χ3v) is 9.69. The van der Waals surface area contributed by atoms with Gasteiger partial charge in [-0.2, -0.15) is 0 Å². The fraction of sp³-hybridized carbons (Fsp3) is 0.731. The maximum absolute atomic E-state index is 12.1. The van der Waals surface area contributed by atoms with E-state index >= 15 is 0 Å². The van der Waals surface area contributed by atoms with E-state index in [9.17, 15) is 4.79 Å². The summed E-state index contributed by atoms with van der Waals surface area (Å²) in [4.78, 5) is 12.1. The van der Waals surface area contributed by atoms with E-state index in [0.717, 1.165) is 43.6 Å². The first-order valence-electron chi connectivity index (χ1n) is 11.7. The van der Waals surface area contributed by atoms with Crippen LogP contribution in [-0.2, 0) is 16.1 Å². The Kier molecular flexibility index (Phi) is 4.69. The van der Waals surface area contributed by atoms with Gasteiger partial charge in [0.25, 0.3) is 0 Å².